The molecular formula is C13H16O4. The van der Waals surface area contributed by atoms with Crippen molar-refractivity contribution in [3.63, 3.8) is 0 Å². The summed E-state index contributed by atoms with van der Waals surface area (Å²) in [6.07, 6.45) is 0.622. The maximum atomic E-state index is 11.2. The van der Waals surface area contributed by atoms with Gasteiger partial charge >= 0.3 is 5.97 Å². The van der Waals surface area contributed by atoms with E-state index in [0.29, 0.717) is 18.8 Å². The molecule has 0 amide bonds. The zero-order valence-electron chi connectivity index (χ0n) is 9.54. The Morgan fingerprint density at radius 3 is 2.53 bits per heavy atom. The van der Waals surface area contributed by atoms with Gasteiger partial charge in [-0.05, 0) is 18.4 Å². The number of hydrogen-bond donors (Lipinski definition) is 1. The first-order chi connectivity index (χ1) is 8.27. The molecule has 1 aromatic carbocycles. The monoisotopic (exact) mass is 236 g/mol. The van der Waals surface area contributed by atoms with Crippen LogP contribution < -0.4 is 0 Å². The Bertz CT molecular complexity index is 357. The molecule has 0 aliphatic carbocycles. The molecular weight excluding hydrogens is 220 g/mol. The van der Waals surface area contributed by atoms with E-state index in [4.69, 9.17) is 9.47 Å². The van der Waals surface area contributed by atoms with E-state index in [2.05, 4.69) is 0 Å². The van der Waals surface area contributed by atoms with Crippen LogP contribution in [0.3, 0.4) is 0 Å². The Kier molecular flexibility index (Phi) is 4.12. The highest BCUT2D eigenvalue weighted by Gasteiger charge is 2.25. The average molecular weight is 236 g/mol. The summed E-state index contributed by atoms with van der Waals surface area (Å²) in [7, 11) is 0. The molecule has 1 N–H and O–H groups in total. The highest BCUT2D eigenvalue weighted by atomic mass is 16.5. The van der Waals surface area contributed by atoms with Gasteiger partial charge in [0.2, 0.25) is 0 Å². The van der Waals surface area contributed by atoms with Crippen molar-refractivity contribution < 1.29 is 19.4 Å². The van der Waals surface area contributed by atoms with Crippen LogP contribution in [0.1, 0.15) is 24.5 Å². The fourth-order valence-electron chi connectivity index (χ4n) is 1.91. The van der Waals surface area contributed by atoms with E-state index < -0.39 is 12.1 Å². The van der Waals surface area contributed by atoms with Crippen LogP contribution in [0.15, 0.2) is 30.3 Å². The third-order valence-corrected chi connectivity index (χ3v) is 2.82. The number of ether oxygens (including phenoxy) is 2. The predicted molar refractivity (Wildman–Crippen MR) is 61.7 cm³/mol. The highest BCUT2D eigenvalue weighted by molar-refractivity contribution is 5.74. The standard InChI is InChI=1S/C13H16O4/c14-13(15)12(10-4-2-1-3-5-10)17-11-6-8-16-9-7-11/h1-5,11-12H,6-9H2,(H,14,15)/t12-/m0/s1. The summed E-state index contributed by atoms with van der Waals surface area (Å²) in [4.78, 5) is 11.2. The summed E-state index contributed by atoms with van der Waals surface area (Å²) in [6.45, 7) is 1.29. The minimum atomic E-state index is -0.942. The Balaban J connectivity index is 2.05. The molecule has 1 aliphatic heterocycles. The van der Waals surface area contributed by atoms with Crippen LogP contribution in [0.5, 0.6) is 0 Å². The normalized spacial score (nSPS) is 18.8. The number of hydrogen-bond acceptors (Lipinski definition) is 3. The van der Waals surface area contributed by atoms with E-state index in [1.54, 1.807) is 12.1 Å². The lowest BCUT2D eigenvalue weighted by molar-refractivity contribution is -0.158. The molecule has 0 bridgehead atoms. The highest BCUT2D eigenvalue weighted by Crippen LogP contribution is 2.23. The van der Waals surface area contributed by atoms with Crippen LogP contribution in [0, 0.1) is 0 Å². The van der Waals surface area contributed by atoms with Crippen LogP contribution >= 0.6 is 0 Å². The average Bonchev–Trinajstić information content (AvgIpc) is 2.38. The molecule has 0 spiro atoms. The van der Waals surface area contributed by atoms with Crippen LogP contribution in [0.25, 0.3) is 0 Å². The van der Waals surface area contributed by atoms with Crippen LogP contribution in [-0.4, -0.2) is 30.4 Å². The van der Waals surface area contributed by atoms with Crippen LogP contribution in [0.2, 0.25) is 0 Å². The summed E-state index contributed by atoms with van der Waals surface area (Å²) in [6, 6.07) is 9.05. The molecule has 1 atom stereocenters. The van der Waals surface area contributed by atoms with Crippen molar-refractivity contribution in [2.24, 2.45) is 0 Å². The number of carboxylic acid groups (broad SMARTS) is 1. The fraction of sp³-hybridized carbons (Fsp3) is 0.462. The van der Waals surface area contributed by atoms with Crippen molar-refractivity contribution in [2.45, 2.75) is 25.0 Å². The van der Waals surface area contributed by atoms with Gasteiger partial charge in [0.05, 0.1) is 6.10 Å². The van der Waals surface area contributed by atoms with Crippen LogP contribution in [0.4, 0.5) is 0 Å². The van der Waals surface area contributed by atoms with Crippen molar-refractivity contribution in [1.29, 1.82) is 0 Å². The molecule has 1 saturated heterocycles. The van der Waals surface area contributed by atoms with Crippen molar-refractivity contribution in [2.75, 3.05) is 13.2 Å². The molecule has 2 rings (SSSR count). The van der Waals surface area contributed by atoms with Gasteiger partial charge < -0.3 is 14.6 Å². The molecule has 4 nitrogen and oxygen atoms in total. The van der Waals surface area contributed by atoms with E-state index in [9.17, 15) is 9.90 Å². The van der Waals surface area contributed by atoms with Crippen molar-refractivity contribution in [3.8, 4) is 0 Å². The van der Waals surface area contributed by atoms with E-state index in [-0.39, 0.29) is 6.10 Å². The molecule has 0 unspecified atom stereocenters. The van der Waals surface area contributed by atoms with Gasteiger partial charge in [-0.2, -0.15) is 0 Å². The molecule has 0 saturated carbocycles. The van der Waals surface area contributed by atoms with Gasteiger partial charge in [0.25, 0.3) is 0 Å². The SMILES string of the molecule is O=C(O)[C@@H](OC1CCOCC1)c1ccccc1. The van der Waals surface area contributed by atoms with Crippen molar-refractivity contribution in [3.05, 3.63) is 35.9 Å². The van der Waals surface area contributed by atoms with Gasteiger partial charge in [0, 0.05) is 13.2 Å². The number of rotatable bonds is 4. The van der Waals surface area contributed by atoms with E-state index >= 15 is 0 Å². The Morgan fingerprint density at radius 2 is 1.94 bits per heavy atom. The maximum Gasteiger partial charge on any atom is 0.337 e. The maximum absolute atomic E-state index is 11.2. The molecule has 0 aromatic heterocycles. The third kappa shape index (κ3) is 3.28. The Hall–Kier alpha value is -1.39. The van der Waals surface area contributed by atoms with E-state index in [0.717, 1.165) is 12.8 Å². The molecule has 1 fully saturated rings. The van der Waals surface area contributed by atoms with Gasteiger partial charge in [-0.25, -0.2) is 4.79 Å². The lowest BCUT2D eigenvalue weighted by Crippen LogP contribution is -2.28. The molecule has 1 aliphatic rings. The topological polar surface area (TPSA) is 55.8 Å². The minimum absolute atomic E-state index is 0.0231. The molecule has 4 heteroatoms. The Morgan fingerprint density at radius 1 is 1.29 bits per heavy atom. The van der Waals surface area contributed by atoms with Crippen molar-refractivity contribution in [1.82, 2.24) is 0 Å². The number of carboxylic acids is 1. The third-order valence-electron chi connectivity index (χ3n) is 2.82. The van der Waals surface area contributed by atoms with E-state index in [1.807, 2.05) is 18.2 Å². The second-order valence-corrected chi connectivity index (χ2v) is 4.08. The number of aliphatic carboxylic acids is 1. The van der Waals surface area contributed by atoms with Crippen molar-refractivity contribution >= 4 is 5.97 Å². The lowest BCUT2D eigenvalue weighted by atomic mass is 10.1. The molecule has 1 heterocycles. The largest absolute Gasteiger partial charge is 0.479 e. The number of carbonyl (C=O) groups is 1. The molecule has 92 valence electrons. The van der Waals surface area contributed by atoms with Crippen LogP contribution in [-0.2, 0) is 14.3 Å². The quantitative estimate of drug-likeness (QED) is 0.868. The second kappa shape index (κ2) is 5.80. The Labute approximate surface area is 100 Å². The second-order valence-electron chi connectivity index (χ2n) is 4.08. The van der Waals surface area contributed by atoms with Gasteiger partial charge in [0.1, 0.15) is 0 Å². The molecule has 0 radical (unpaired) electrons. The smallest absolute Gasteiger partial charge is 0.337 e. The summed E-state index contributed by atoms with van der Waals surface area (Å²) in [5, 5.41) is 9.20. The summed E-state index contributed by atoms with van der Waals surface area (Å²) >= 11 is 0. The first kappa shape index (κ1) is 12.1. The lowest BCUT2D eigenvalue weighted by Gasteiger charge is -2.25. The van der Waals surface area contributed by atoms with Gasteiger partial charge in [0.15, 0.2) is 6.10 Å². The zero-order valence-corrected chi connectivity index (χ0v) is 9.54. The molecule has 1 aromatic rings. The van der Waals surface area contributed by atoms with E-state index in [1.165, 1.54) is 0 Å². The summed E-state index contributed by atoms with van der Waals surface area (Å²) < 4.78 is 10.9. The summed E-state index contributed by atoms with van der Waals surface area (Å²) in [5.41, 5.74) is 0.687. The fourth-order valence-corrected chi connectivity index (χ4v) is 1.91. The summed E-state index contributed by atoms with van der Waals surface area (Å²) in [5.74, 6) is -0.942. The predicted octanol–water partition coefficient (Wildman–Crippen LogP) is 2.01. The van der Waals surface area contributed by atoms with Gasteiger partial charge in [-0.3, -0.25) is 0 Å². The first-order valence-corrected chi connectivity index (χ1v) is 5.78. The van der Waals surface area contributed by atoms with Gasteiger partial charge in [-0.15, -0.1) is 0 Å². The van der Waals surface area contributed by atoms with Gasteiger partial charge in [-0.1, -0.05) is 30.3 Å². The molecule has 17 heavy (non-hydrogen) atoms. The zero-order chi connectivity index (χ0) is 12.1. The number of benzene rings is 1. The minimum Gasteiger partial charge on any atom is -0.479 e. The first-order valence-electron chi connectivity index (χ1n) is 5.78.